The highest BCUT2D eigenvalue weighted by molar-refractivity contribution is 5.96. The number of methoxy groups -OCH3 is 1. The molecule has 8 heteroatoms. The van der Waals surface area contributed by atoms with E-state index in [1.807, 2.05) is 6.92 Å². The number of H-pyrrole nitrogens is 1. The van der Waals surface area contributed by atoms with Gasteiger partial charge in [0, 0.05) is 6.54 Å². The lowest BCUT2D eigenvalue weighted by atomic mass is 9.83. The summed E-state index contributed by atoms with van der Waals surface area (Å²) in [6, 6.07) is 7.13. The van der Waals surface area contributed by atoms with Gasteiger partial charge in [-0.2, -0.15) is 0 Å². The molecule has 2 aliphatic heterocycles. The van der Waals surface area contributed by atoms with Gasteiger partial charge in [0.15, 0.2) is 0 Å². The average molecular weight is 355 g/mol. The van der Waals surface area contributed by atoms with E-state index in [2.05, 4.69) is 10.3 Å². The van der Waals surface area contributed by atoms with Gasteiger partial charge in [0.2, 0.25) is 0 Å². The van der Waals surface area contributed by atoms with Gasteiger partial charge < -0.3 is 14.8 Å². The number of rotatable bonds is 3. The summed E-state index contributed by atoms with van der Waals surface area (Å²) in [5.74, 6) is -0.0189. The molecule has 2 N–H and O–H groups in total. The number of nitrogens with zero attached hydrogens (tertiary/aromatic N) is 1. The van der Waals surface area contributed by atoms with E-state index in [4.69, 9.17) is 9.47 Å². The van der Waals surface area contributed by atoms with Crippen LogP contribution in [0.3, 0.4) is 0 Å². The fourth-order valence-electron chi connectivity index (χ4n) is 3.52. The normalized spacial score (nSPS) is 18.1. The van der Waals surface area contributed by atoms with Crippen LogP contribution in [0.1, 0.15) is 24.0 Å². The number of aromatic amines is 1. The number of carbonyl (C=O) groups is 1. The highest BCUT2D eigenvalue weighted by atomic mass is 16.5. The first kappa shape index (κ1) is 16.2. The Bertz CT molecular complexity index is 1050. The molecule has 0 unspecified atom stereocenters. The number of hydrogen-bond acceptors (Lipinski definition) is 6. The summed E-state index contributed by atoms with van der Waals surface area (Å²) in [5, 5.41) is 3.06. The molecule has 0 spiro atoms. The van der Waals surface area contributed by atoms with Crippen molar-refractivity contribution in [2.24, 2.45) is 0 Å². The van der Waals surface area contributed by atoms with E-state index >= 15 is 0 Å². The molecule has 0 fully saturated rings. The number of esters is 1. The quantitative estimate of drug-likeness (QED) is 0.794. The third-order valence-electron chi connectivity index (χ3n) is 4.74. The number of cyclic esters (lactones) is 1. The molecular weight excluding hydrogens is 338 g/mol. The van der Waals surface area contributed by atoms with E-state index in [1.54, 1.807) is 31.4 Å². The van der Waals surface area contributed by atoms with Gasteiger partial charge in [-0.15, -0.1) is 0 Å². The smallest absolute Gasteiger partial charge is 0.337 e. The second kappa shape index (κ2) is 5.91. The van der Waals surface area contributed by atoms with Crippen LogP contribution in [0.15, 0.2) is 45.1 Å². The Balaban J connectivity index is 2.00. The Morgan fingerprint density at radius 2 is 1.96 bits per heavy atom. The zero-order valence-electron chi connectivity index (χ0n) is 14.3. The van der Waals surface area contributed by atoms with Gasteiger partial charge in [-0.05, 0) is 24.6 Å². The molecular formula is C18H17N3O5. The molecule has 1 aromatic heterocycles. The first-order chi connectivity index (χ1) is 12.5. The Hall–Kier alpha value is -3.29. The van der Waals surface area contributed by atoms with E-state index in [0.717, 1.165) is 5.56 Å². The molecule has 3 heterocycles. The lowest BCUT2D eigenvalue weighted by Crippen LogP contribution is -2.38. The van der Waals surface area contributed by atoms with Crippen LogP contribution in [-0.4, -0.2) is 29.2 Å². The molecule has 1 aromatic carbocycles. The number of nitrogens with one attached hydrogen (secondary N) is 2. The minimum absolute atomic E-state index is 0.0883. The molecule has 2 aliphatic rings. The number of hydrogen-bond donors (Lipinski definition) is 2. The van der Waals surface area contributed by atoms with Crippen molar-refractivity contribution in [2.45, 2.75) is 19.4 Å². The van der Waals surface area contributed by atoms with Crippen molar-refractivity contribution in [3.8, 4) is 5.75 Å². The van der Waals surface area contributed by atoms with E-state index in [1.165, 1.54) is 4.57 Å². The molecule has 0 saturated carbocycles. The zero-order chi connectivity index (χ0) is 18.4. The van der Waals surface area contributed by atoms with E-state index in [0.29, 0.717) is 34.9 Å². The predicted octanol–water partition coefficient (Wildman–Crippen LogP) is 0.933. The summed E-state index contributed by atoms with van der Waals surface area (Å²) < 4.78 is 11.8. The van der Waals surface area contributed by atoms with Gasteiger partial charge >= 0.3 is 11.7 Å². The second-order valence-corrected chi connectivity index (χ2v) is 6.07. The highest BCUT2D eigenvalue weighted by Gasteiger charge is 2.41. The third-order valence-corrected chi connectivity index (χ3v) is 4.74. The largest absolute Gasteiger partial charge is 0.497 e. The van der Waals surface area contributed by atoms with Gasteiger partial charge in [0.05, 0.1) is 29.9 Å². The maximum Gasteiger partial charge on any atom is 0.337 e. The van der Waals surface area contributed by atoms with Crippen molar-refractivity contribution in [3.63, 3.8) is 0 Å². The lowest BCUT2D eigenvalue weighted by Gasteiger charge is -2.28. The number of carbonyl (C=O) groups excluding carboxylic acids is 1. The van der Waals surface area contributed by atoms with Crippen LogP contribution in [-0.2, 0) is 16.1 Å². The Kier molecular flexibility index (Phi) is 3.68. The van der Waals surface area contributed by atoms with Crippen LogP contribution in [0.25, 0.3) is 0 Å². The molecule has 0 radical (unpaired) electrons. The summed E-state index contributed by atoms with van der Waals surface area (Å²) in [6.45, 7) is 2.27. The topological polar surface area (TPSA) is 102 Å². The van der Waals surface area contributed by atoms with E-state index in [-0.39, 0.29) is 6.61 Å². The van der Waals surface area contributed by atoms with Gasteiger partial charge in [0.1, 0.15) is 18.2 Å². The van der Waals surface area contributed by atoms with Crippen molar-refractivity contribution in [1.82, 2.24) is 9.55 Å². The van der Waals surface area contributed by atoms with Crippen molar-refractivity contribution >= 4 is 11.8 Å². The number of benzene rings is 1. The van der Waals surface area contributed by atoms with Crippen LogP contribution < -0.4 is 21.3 Å². The lowest BCUT2D eigenvalue weighted by molar-refractivity contribution is -0.136. The van der Waals surface area contributed by atoms with Crippen molar-refractivity contribution in [3.05, 3.63) is 67.5 Å². The number of ether oxygens (including phenoxy) is 2. The summed E-state index contributed by atoms with van der Waals surface area (Å²) in [7, 11) is 1.56. The van der Waals surface area contributed by atoms with Gasteiger partial charge in [-0.25, -0.2) is 9.59 Å². The summed E-state index contributed by atoms with van der Waals surface area (Å²) in [4.78, 5) is 39.5. The van der Waals surface area contributed by atoms with Crippen molar-refractivity contribution < 1.29 is 14.3 Å². The van der Waals surface area contributed by atoms with Gasteiger partial charge in [-0.3, -0.25) is 14.3 Å². The maximum absolute atomic E-state index is 12.6. The number of fused-ring (bicyclic) bond motifs is 1. The predicted molar refractivity (Wildman–Crippen MR) is 93.4 cm³/mol. The second-order valence-electron chi connectivity index (χ2n) is 6.07. The van der Waals surface area contributed by atoms with Gasteiger partial charge in [0.25, 0.3) is 5.56 Å². The first-order valence-electron chi connectivity index (χ1n) is 8.23. The maximum atomic E-state index is 12.6. The van der Waals surface area contributed by atoms with Crippen molar-refractivity contribution in [1.29, 1.82) is 0 Å². The summed E-state index contributed by atoms with van der Waals surface area (Å²) in [6.07, 6.45) is 0. The molecule has 0 amide bonds. The minimum atomic E-state index is -0.621. The molecule has 26 heavy (non-hydrogen) atoms. The molecule has 0 saturated heterocycles. The number of anilines is 1. The number of aromatic nitrogens is 2. The van der Waals surface area contributed by atoms with Gasteiger partial charge in [-0.1, -0.05) is 12.1 Å². The third kappa shape index (κ3) is 2.26. The van der Waals surface area contributed by atoms with Crippen LogP contribution in [0.2, 0.25) is 0 Å². The standard InChI is InChI=1S/C18H17N3O5/c1-3-21-15-14(16(22)20-18(21)24)12(9-4-6-10(25-2)7-5-9)13-11(19-15)8-26-17(13)23/h4-7,12,19H,3,8H2,1-2H3,(H,20,22,24)/t12-/m0/s1. The van der Waals surface area contributed by atoms with E-state index in [9.17, 15) is 14.4 Å². The first-order valence-corrected chi connectivity index (χ1v) is 8.23. The molecule has 2 aromatic rings. The summed E-state index contributed by atoms with van der Waals surface area (Å²) >= 11 is 0. The van der Waals surface area contributed by atoms with Crippen LogP contribution >= 0.6 is 0 Å². The van der Waals surface area contributed by atoms with Crippen LogP contribution in [0.5, 0.6) is 5.75 Å². The Labute approximate surface area is 148 Å². The van der Waals surface area contributed by atoms with Crippen LogP contribution in [0.4, 0.5) is 5.82 Å². The fourth-order valence-corrected chi connectivity index (χ4v) is 3.52. The Morgan fingerprint density at radius 3 is 2.62 bits per heavy atom. The molecule has 8 nitrogen and oxygen atoms in total. The highest BCUT2D eigenvalue weighted by Crippen LogP contribution is 2.42. The zero-order valence-corrected chi connectivity index (χ0v) is 14.3. The monoisotopic (exact) mass is 355 g/mol. The van der Waals surface area contributed by atoms with Crippen LogP contribution in [0, 0.1) is 0 Å². The molecule has 1 atom stereocenters. The fraction of sp³-hybridized carbons (Fsp3) is 0.278. The molecule has 134 valence electrons. The van der Waals surface area contributed by atoms with Crippen molar-refractivity contribution in [2.75, 3.05) is 19.0 Å². The molecule has 4 rings (SSSR count). The molecule has 0 bridgehead atoms. The summed E-state index contributed by atoms with van der Waals surface area (Å²) in [5.41, 5.74) is 1.03. The van der Waals surface area contributed by atoms with E-state index < -0.39 is 23.1 Å². The average Bonchev–Trinajstić information content (AvgIpc) is 3.01. The minimum Gasteiger partial charge on any atom is -0.497 e. The SMILES string of the molecule is CCn1c2c(c(=O)[nH]c1=O)[C@@H](c1ccc(OC)cc1)C1=C(COC1=O)N2. The Morgan fingerprint density at radius 1 is 1.23 bits per heavy atom. The molecule has 0 aliphatic carbocycles.